The number of ether oxygens (including phenoxy) is 1. The summed E-state index contributed by atoms with van der Waals surface area (Å²) < 4.78 is 7.31. The minimum absolute atomic E-state index is 0.0366. The number of hydrogen-bond acceptors (Lipinski definition) is 7. The zero-order chi connectivity index (χ0) is 27.4. The number of phenols is 1. The lowest BCUT2D eigenvalue weighted by Gasteiger charge is -2.34. The number of carbonyl (C=O) groups excluding carboxylic acids is 1. The molecular formula is C29H42N6O3. The van der Waals surface area contributed by atoms with Crippen molar-refractivity contribution >= 4 is 11.6 Å². The Morgan fingerprint density at radius 1 is 1.05 bits per heavy atom. The van der Waals surface area contributed by atoms with Crippen molar-refractivity contribution in [1.29, 1.82) is 0 Å². The van der Waals surface area contributed by atoms with Crippen LogP contribution in [0, 0.1) is 0 Å². The van der Waals surface area contributed by atoms with Crippen LogP contribution in [0.5, 0.6) is 11.5 Å². The summed E-state index contributed by atoms with van der Waals surface area (Å²) in [5.41, 5.74) is 3.79. The summed E-state index contributed by atoms with van der Waals surface area (Å²) in [6, 6.07) is 3.46. The largest absolute Gasteiger partial charge is 0.507 e. The van der Waals surface area contributed by atoms with Crippen LogP contribution in [-0.4, -0.2) is 88.0 Å². The Morgan fingerprint density at radius 2 is 1.76 bits per heavy atom. The van der Waals surface area contributed by atoms with E-state index in [1.807, 2.05) is 19.9 Å². The molecule has 2 heterocycles. The van der Waals surface area contributed by atoms with Gasteiger partial charge in [-0.05, 0) is 56.9 Å². The molecule has 1 aliphatic heterocycles. The van der Waals surface area contributed by atoms with Crippen LogP contribution < -0.4 is 10.1 Å². The van der Waals surface area contributed by atoms with E-state index in [1.54, 1.807) is 17.7 Å². The fourth-order valence-corrected chi connectivity index (χ4v) is 5.14. The molecule has 0 radical (unpaired) electrons. The molecule has 9 nitrogen and oxygen atoms in total. The summed E-state index contributed by atoms with van der Waals surface area (Å²) in [6.07, 6.45) is 5.90. The molecule has 206 valence electrons. The molecule has 0 spiro atoms. The predicted molar refractivity (Wildman–Crippen MR) is 151 cm³/mol. The van der Waals surface area contributed by atoms with Crippen molar-refractivity contribution in [3.05, 3.63) is 41.2 Å². The Labute approximate surface area is 226 Å². The molecule has 9 heteroatoms. The first kappa shape index (κ1) is 27.9. The van der Waals surface area contributed by atoms with Gasteiger partial charge in [0.2, 0.25) is 5.82 Å². The smallest absolute Gasteiger partial charge is 0.289 e. The molecule has 1 amide bonds. The van der Waals surface area contributed by atoms with Gasteiger partial charge in [-0.25, -0.2) is 0 Å². The summed E-state index contributed by atoms with van der Waals surface area (Å²) in [7, 11) is 1.59. The number of aromatic nitrogens is 3. The van der Waals surface area contributed by atoms with Gasteiger partial charge < -0.3 is 20.1 Å². The Bertz CT molecular complexity index is 1210. The molecule has 38 heavy (non-hydrogen) atoms. The van der Waals surface area contributed by atoms with Gasteiger partial charge in [-0.15, -0.1) is 10.2 Å². The first-order chi connectivity index (χ1) is 18.2. The zero-order valence-electron chi connectivity index (χ0n) is 23.6. The molecule has 2 aliphatic rings. The number of nitrogens with one attached hydrogen (secondary N) is 1. The van der Waals surface area contributed by atoms with Crippen molar-refractivity contribution in [1.82, 2.24) is 29.9 Å². The third-order valence-electron chi connectivity index (χ3n) is 7.34. The van der Waals surface area contributed by atoms with Crippen LogP contribution in [-0.2, 0) is 0 Å². The zero-order valence-corrected chi connectivity index (χ0v) is 23.6. The molecule has 0 bridgehead atoms. The summed E-state index contributed by atoms with van der Waals surface area (Å²) in [5, 5.41) is 22.6. The van der Waals surface area contributed by atoms with E-state index >= 15 is 0 Å². The van der Waals surface area contributed by atoms with Crippen LogP contribution in [0.1, 0.15) is 69.6 Å². The molecule has 0 saturated carbocycles. The van der Waals surface area contributed by atoms with Gasteiger partial charge in [-0.3, -0.25) is 14.3 Å². The number of hydrogen-bond donors (Lipinski definition) is 2. The Hall–Kier alpha value is -3.17. The fraction of sp³-hybridized carbons (Fsp3) is 0.552. The Balaban J connectivity index is 1.70. The van der Waals surface area contributed by atoms with Gasteiger partial charge in [0.1, 0.15) is 11.5 Å². The number of amides is 1. The first-order valence-corrected chi connectivity index (χ1v) is 13.7. The summed E-state index contributed by atoms with van der Waals surface area (Å²) in [4.78, 5) is 18.1. The lowest BCUT2D eigenvalue weighted by atomic mass is 9.98. The number of benzene rings is 1. The fourth-order valence-electron chi connectivity index (χ4n) is 5.14. The first-order valence-electron chi connectivity index (χ1n) is 13.7. The summed E-state index contributed by atoms with van der Waals surface area (Å²) in [5.74, 6) is 1.20. The number of carbonyl (C=O) groups is 1. The summed E-state index contributed by atoms with van der Waals surface area (Å²) in [6.45, 7) is 16.7. The van der Waals surface area contributed by atoms with Gasteiger partial charge in [0.25, 0.3) is 5.91 Å². The number of phenolic OH excluding ortho intramolecular Hbond substituents is 1. The number of piperazine rings is 1. The molecule has 4 rings (SSSR count). The second-order valence-corrected chi connectivity index (χ2v) is 10.8. The van der Waals surface area contributed by atoms with E-state index in [9.17, 15) is 9.90 Å². The standard InChI is InChI=1S/C29H42N6O3/c1-7-33-12-14-34(15-13-33)18-21-8-10-22(11-9-21)35-27(31-32-28(35)29(37)30-20(4)5)24-16-23(19(2)3)26(38-6)17-25(24)36/h8,10,16-17,19-20,36H,7,9,11-15,18H2,1-6H3,(H,30,37). The van der Waals surface area contributed by atoms with E-state index in [0.29, 0.717) is 17.1 Å². The number of methoxy groups -OCH3 is 1. The summed E-state index contributed by atoms with van der Waals surface area (Å²) >= 11 is 0. The number of aromatic hydroxyl groups is 1. The van der Waals surface area contributed by atoms with E-state index in [1.165, 1.54) is 5.57 Å². The minimum Gasteiger partial charge on any atom is -0.507 e. The van der Waals surface area contributed by atoms with E-state index in [4.69, 9.17) is 4.74 Å². The van der Waals surface area contributed by atoms with Crippen LogP contribution in [0.3, 0.4) is 0 Å². The highest BCUT2D eigenvalue weighted by atomic mass is 16.5. The van der Waals surface area contributed by atoms with Gasteiger partial charge in [0.05, 0.1) is 12.7 Å². The van der Waals surface area contributed by atoms with Gasteiger partial charge >= 0.3 is 0 Å². The van der Waals surface area contributed by atoms with E-state index in [-0.39, 0.29) is 29.4 Å². The van der Waals surface area contributed by atoms with Crippen molar-refractivity contribution in [2.45, 2.75) is 59.4 Å². The molecule has 1 saturated heterocycles. The highest BCUT2D eigenvalue weighted by Crippen LogP contribution is 2.39. The molecule has 1 aliphatic carbocycles. The van der Waals surface area contributed by atoms with Crippen molar-refractivity contribution in [3.63, 3.8) is 0 Å². The maximum atomic E-state index is 13.1. The van der Waals surface area contributed by atoms with Crippen LogP contribution in [0.2, 0.25) is 0 Å². The van der Waals surface area contributed by atoms with Gasteiger partial charge in [0.15, 0.2) is 5.82 Å². The third kappa shape index (κ3) is 6.10. The topological polar surface area (TPSA) is 95.8 Å². The lowest BCUT2D eigenvalue weighted by Crippen LogP contribution is -2.46. The van der Waals surface area contributed by atoms with Crippen molar-refractivity contribution in [2.75, 3.05) is 46.4 Å². The highest BCUT2D eigenvalue weighted by molar-refractivity contribution is 5.93. The number of rotatable bonds is 9. The molecule has 1 aromatic carbocycles. The van der Waals surface area contributed by atoms with Crippen LogP contribution >= 0.6 is 0 Å². The van der Waals surface area contributed by atoms with Crippen molar-refractivity contribution in [2.24, 2.45) is 0 Å². The second-order valence-electron chi connectivity index (χ2n) is 10.8. The number of allylic oxidation sites excluding steroid dienone is 3. The van der Waals surface area contributed by atoms with E-state index in [0.717, 1.165) is 63.4 Å². The monoisotopic (exact) mass is 522 g/mol. The van der Waals surface area contributed by atoms with Crippen molar-refractivity contribution in [3.8, 4) is 22.9 Å². The van der Waals surface area contributed by atoms with Gasteiger partial charge in [-0.1, -0.05) is 32.4 Å². The second kappa shape index (κ2) is 12.1. The molecule has 0 atom stereocenters. The number of likely N-dealkylation sites (N-methyl/N-ethyl adjacent to an activating group) is 1. The van der Waals surface area contributed by atoms with Crippen molar-refractivity contribution < 1.29 is 14.6 Å². The SMILES string of the molecule is CCN1CCN(CC2=CC=C(n3c(C(=O)NC(C)C)nnc3-c3cc(C(C)C)c(OC)cc3O)CC2)CC1. The maximum absolute atomic E-state index is 13.1. The molecule has 2 N–H and O–H groups in total. The molecular weight excluding hydrogens is 480 g/mol. The maximum Gasteiger partial charge on any atom is 0.289 e. The normalized spacial score (nSPS) is 17.1. The average molecular weight is 523 g/mol. The Kier molecular flexibility index (Phi) is 8.89. The van der Waals surface area contributed by atoms with Crippen LogP contribution in [0.15, 0.2) is 29.9 Å². The van der Waals surface area contributed by atoms with Gasteiger partial charge in [0, 0.05) is 50.5 Å². The van der Waals surface area contributed by atoms with E-state index < -0.39 is 0 Å². The number of nitrogens with zero attached hydrogens (tertiary/aromatic N) is 5. The molecule has 1 fully saturated rings. The van der Waals surface area contributed by atoms with Crippen LogP contribution in [0.4, 0.5) is 0 Å². The molecule has 1 aromatic heterocycles. The molecule has 0 unspecified atom stereocenters. The third-order valence-corrected chi connectivity index (χ3v) is 7.34. The minimum atomic E-state index is -0.291. The lowest BCUT2D eigenvalue weighted by molar-refractivity contribution is 0.0930. The predicted octanol–water partition coefficient (Wildman–Crippen LogP) is 4.12. The highest BCUT2D eigenvalue weighted by Gasteiger charge is 2.27. The molecule has 2 aromatic rings. The van der Waals surface area contributed by atoms with Gasteiger partial charge in [-0.2, -0.15) is 0 Å². The average Bonchev–Trinajstić information content (AvgIpc) is 3.34. The van der Waals surface area contributed by atoms with Crippen LogP contribution in [0.25, 0.3) is 17.1 Å². The van der Waals surface area contributed by atoms with E-state index in [2.05, 4.69) is 58.2 Å². The quantitative estimate of drug-likeness (QED) is 0.512. The Morgan fingerprint density at radius 3 is 2.34 bits per heavy atom.